The van der Waals surface area contributed by atoms with Gasteiger partial charge in [-0.3, -0.25) is 9.78 Å². The fourth-order valence-electron chi connectivity index (χ4n) is 4.22. The zero-order chi connectivity index (χ0) is 21.4. The molecule has 0 saturated heterocycles. The maximum absolute atomic E-state index is 12.9. The van der Waals surface area contributed by atoms with E-state index in [4.69, 9.17) is 9.15 Å². The number of pyridine rings is 1. The normalized spacial score (nSPS) is 13.8. The second-order valence-corrected chi connectivity index (χ2v) is 7.83. The van der Waals surface area contributed by atoms with Crippen molar-refractivity contribution in [2.24, 2.45) is 0 Å². The van der Waals surface area contributed by atoms with Crippen molar-refractivity contribution in [1.82, 2.24) is 10.3 Å². The minimum Gasteiger partial charge on any atom is -0.459 e. The summed E-state index contributed by atoms with van der Waals surface area (Å²) in [6.07, 6.45) is 2.62. The molecular weight excluding hydrogens is 392 g/mol. The molecule has 1 atom stereocenters. The molecule has 4 aromatic rings. The topological polar surface area (TPSA) is 81.4 Å². The van der Waals surface area contributed by atoms with Gasteiger partial charge in [0.05, 0.1) is 17.1 Å². The molecule has 6 heteroatoms. The van der Waals surface area contributed by atoms with Gasteiger partial charge in [-0.2, -0.15) is 0 Å². The van der Waals surface area contributed by atoms with Crippen molar-refractivity contribution in [3.8, 4) is 0 Å². The summed E-state index contributed by atoms with van der Waals surface area (Å²) in [6, 6.07) is 16.8. The minimum atomic E-state index is -0.483. The van der Waals surface area contributed by atoms with Crippen LogP contribution in [0.1, 0.15) is 46.8 Å². The number of carbonyl (C=O) groups is 2. The predicted molar refractivity (Wildman–Crippen MR) is 117 cm³/mol. The number of rotatable bonds is 5. The number of nitrogens with one attached hydrogen (secondary N) is 1. The van der Waals surface area contributed by atoms with E-state index in [-0.39, 0.29) is 18.6 Å². The maximum Gasteiger partial charge on any atom is 0.339 e. The second-order valence-electron chi connectivity index (χ2n) is 7.83. The third-order valence-corrected chi connectivity index (χ3v) is 5.71. The number of para-hydroxylation sites is 2. The Labute approximate surface area is 179 Å². The quantitative estimate of drug-likeness (QED) is 0.486. The van der Waals surface area contributed by atoms with Crippen LogP contribution in [-0.2, 0) is 22.4 Å². The largest absolute Gasteiger partial charge is 0.459 e. The monoisotopic (exact) mass is 414 g/mol. The number of furan rings is 1. The van der Waals surface area contributed by atoms with Gasteiger partial charge in [-0.1, -0.05) is 36.4 Å². The van der Waals surface area contributed by atoms with Crippen LogP contribution < -0.4 is 5.32 Å². The van der Waals surface area contributed by atoms with E-state index in [1.54, 1.807) is 0 Å². The molecule has 1 amide bonds. The van der Waals surface area contributed by atoms with Crippen molar-refractivity contribution in [1.29, 1.82) is 0 Å². The molecule has 0 spiro atoms. The number of carbonyl (C=O) groups excluding carboxylic acids is 2. The molecule has 0 aliphatic heterocycles. The van der Waals surface area contributed by atoms with Gasteiger partial charge in [0, 0.05) is 16.5 Å². The molecular formula is C25H22N2O4. The Bertz CT molecular complexity index is 1270. The Morgan fingerprint density at radius 3 is 2.81 bits per heavy atom. The number of aryl methyl sites for hydroxylation is 1. The van der Waals surface area contributed by atoms with Gasteiger partial charge in [-0.25, -0.2) is 4.79 Å². The van der Waals surface area contributed by atoms with Crippen molar-refractivity contribution >= 4 is 33.7 Å². The van der Waals surface area contributed by atoms with Gasteiger partial charge < -0.3 is 14.5 Å². The number of hydrogen-bond donors (Lipinski definition) is 1. The lowest BCUT2D eigenvalue weighted by Gasteiger charge is -2.14. The lowest BCUT2D eigenvalue weighted by atomic mass is 10.0. The number of fused-ring (bicyclic) bond motifs is 3. The van der Waals surface area contributed by atoms with Crippen LogP contribution >= 0.6 is 0 Å². The molecule has 2 aromatic carbocycles. The zero-order valence-electron chi connectivity index (χ0n) is 17.2. The highest BCUT2D eigenvalue weighted by atomic mass is 16.5. The van der Waals surface area contributed by atoms with Crippen molar-refractivity contribution in [2.75, 3.05) is 6.61 Å². The third-order valence-electron chi connectivity index (χ3n) is 5.71. The number of amides is 1. The fraction of sp³-hybridized carbons (Fsp3) is 0.240. The lowest BCUT2D eigenvalue weighted by Crippen LogP contribution is -2.31. The number of hydrogen-bond acceptors (Lipinski definition) is 5. The van der Waals surface area contributed by atoms with Crippen molar-refractivity contribution < 1.29 is 18.7 Å². The average Bonchev–Trinajstić information content (AvgIpc) is 3.42. The number of ether oxygens (including phenoxy) is 1. The highest BCUT2D eigenvalue weighted by Crippen LogP contribution is 2.30. The molecule has 6 nitrogen and oxygen atoms in total. The predicted octanol–water partition coefficient (Wildman–Crippen LogP) is 4.50. The Kier molecular flexibility index (Phi) is 4.90. The van der Waals surface area contributed by atoms with E-state index in [0.29, 0.717) is 11.3 Å². The highest BCUT2D eigenvalue weighted by Gasteiger charge is 2.25. The summed E-state index contributed by atoms with van der Waals surface area (Å²) in [5.74, 6) is -0.210. The first-order valence-corrected chi connectivity index (χ1v) is 10.5. The van der Waals surface area contributed by atoms with Crippen LogP contribution in [0.15, 0.2) is 59.0 Å². The van der Waals surface area contributed by atoms with Gasteiger partial charge >= 0.3 is 5.97 Å². The molecule has 0 saturated carbocycles. The van der Waals surface area contributed by atoms with Crippen LogP contribution in [0.4, 0.5) is 0 Å². The Hall–Kier alpha value is -3.67. The molecule has 0 fully saturated rings. The standard InChI is InChI=1S/C25H22N2O4/c1-15(22-13-16-7-2-5-12-21(16)31-22)26-23(28)14-30-25(29)24-17-8-3-4-10-19(17)27-20-11-6-9-18(20)24/h2-5,7-8,10,12-13,15H,6,9,11,14H2,1H3,(H,26,28)/t15-/m1/s1. The van der Waals surface area contributed by atoms with Crippen LogP contribution in [0.25, 0.3) is 21.9 Å². The summed E-state index contributed by atoms with van der Waals surface area (Å²) in [5, 5.41) is 4.57. The summed E-state index contributed by atoms with van der Waals surface area (Å²) >= 11 is 0. The van der Waals surface area contributed by atoms with Crippen LogP contribution in [0.2, 0.25) is 0 Å². The van der Waals surface area contributed by atoms with Crippen LogP contribution in [-0.4, -0.2) is 23.5 Å². The van der Waals surface area contributed by atoms with Crippen LogP contribution in [0.5, 0.6) is 0 Å². The molecule has 1 aliphatic rings. The summed E-state index contributed by atoms with van der Waals surface area (Å²) in [6.45, 7) is 1.48. The van der Waals surface area contributed by atoms with Gasteiger partial charge in [-0.15, -0.1) is 0 Å². The van der Waals surface area contributed by atoms with Gasteiger partial charge in [0.2, 0.25) is 0 Å². The van der Waals surface area contributed by atoms with Gasteiger partial charge in [0.1, 0.15) is 11.3 Å². The van der Waals surface area contributed by atoms with Crippen LogP contribution in [0, 0.1) is 0 Å². The molecule has 5 rings (SSSR count). The summed E-state index contributed by atoms with van der Waals surface area (Å²) < 4.78 is 11.2. The summed E-state index contributed by atoms with van der Waals surface area (Å²) in [4.78, 5) is 30.1. The number of benzene rings is 2. The highest BCUT2D eigenvalue weighted by molar-refractivity contribution is 6.05. The first-order valence-electron chi connectivity index (χ1n) is 10.5. The Morgan fingerprint density at radius 1 is 1.13 bits per heavy atom. The summed E-state index contributed by atoms with van der Waals surface area (Å²) in [7, 11) is 0. The van der Waals surface area contributed by atoms with E-state index in [1.165, 1.54) is 0 Å². The van der Waals surface area contributed by atoms with E-state index in [9.17, 15) is 9.59 Å². The Morgan fingerprint density at radius 2 is 1.94 bits per heavy atom. The smallest absolute Gasteiger partial charge is 0.339 e. The van der Waals surface area contributed by atoms with Gasteiger partial charge in [-0.05, 0) is 49.9 Å². The molecule has 0 radical (unpaired) electrons. The van der Waals surface area contributed by atoms with E-state index in [0.717, 1.165) is 52.4 Å². The lowest BCUT2D eigenvalue weighted by molar-refractivity contribution is -0.125. The maximum atomic E-state index is 12.9. The van der Waals surface area contributed by atoms with Crippen molar-refractivity contribution in [2.45, 2.75) is 32.2 Å². The molecule has 0 unspecified atom stereocenters. The van der Waals surface area contributed by atoms with Gasteiger partial charge in [0.25, 0.3) is 5.91 Å². The fourth-order valence-corrected chi connectivity index (χ4v) is 4.22. The first-order chi connectivity index (χ1) is 15.1. The first kappa shape index (κ1) is 19.3. The molecule has 1 aliphatic carbocycles. The van der Waals surface area contributed by atoms with E-state index in [1.807, 2.05) is 61.5 Å². The Balaban J connectivity index is 1.29. The summed E-state index contributed by atoms with van der Waals surface area (Å²) in [5.41, 5.74) is 3.98. The van der Waals surface area contributed by atoms with Crippen molar-refractivity contribution in [3.63, 3.8) is 0 Å². The third kappa shape index (κ3) is 3.65. The molecule has 31 heavy (non-hydrogen) atoms. The van der Waals surface area contributed by atoms with E-state index in [2.05, 4.69) is 10.3 Å². The molecule has 1 N–H and O–H groups in total. The van der Waals surface area contributed by atoms with Gasteiger partial charge in [0.15, 0.2) is 6.61 Å². The molecule has 2 heterocycles. The minimum absolute atomic E-state index is 0.343. The van der Waals surface area contributed by atoms with E-state index >= 15 is 0 Å². The number of nitrogens with zero attached hydrogens (tertiary/aromatic N) is 1. The zero-order valence-corrected chi connectivity index (χ0v) is 17.2. The second kappa shape index (κ2) is 7.87. The molecule has 0 bridgehead atoms. The molecule has 156 valence electrons. The number of esters is 1. The SMILES string of the molecule is C[C@@H](NC(=O)COC(=O)c1c2c(nc3ccccc13)CCC2)c1cc2ccccc2o1. The average molecular weight is 414 g/mol. The van der Waals surface area contributed by atoms with Crippen LogP contribution in [0.3, 0.4) is 0 Å². The number of aromatic nitrogens is 1. The van der Waals surface area contributed by atoms with Crippen molar-refractivity contribution in [3.05, 3.63) is 77.2 Å². The molecule has 2 aromatic heterocycles. The van der Waals surface area contributed by atoms with E-state index < -0.39 is 5.97 Å².